The predicted octanol–water partition coefficient (Wildman–Crippen LogP) is 2.78. The van der Waals surface area contributed by atoms with Crippen molar-refractivity contribution in [1.29, 1.82) is 0 Å². The average molecular weight is 303 g/mol. The van der Waals surface area contributed by atoms with Gasteiger partial charge in [0.1, 0.15) is 6.04 Å². The minimum Gasteiger partial charge on any atom is -0.480 e. The third kappa shape index (κ3) is 3.96. The quantitative estimate of drug-likeness (QED) is 0.793. The molecule has 4 nitrogen and oxygen atoms in total. The Bertz CT molecular complexity index is 504. The molecule has 0 saturated carbocycles. The predicted molar refractivity (Wildman–Crippen MR) is 86.6 cm³/mol. The summed E-state index contributed by atoms with van der Waals surface area (Å²) in [5.74, 6) is -0.822. The fourth-order valence-electron chi connectivity index (χ4n) is 2.96. The van der Waals surface area contributed by atoms with E-state index in [2.05, 4.69) is 6.92 Å². The normalized spacial score (nSPS) is 20.1. The number of likely N-dealkylation sites (tertiary alicyclic amines) is 1. The van der Waals surface area contributed by atoms with Crippen molar-refractivity contribution in [3.8, 4) is 0 Å². The fraction of sp³-hybridized carbons (Fsp3) is 0.500. The third-order valence-electron chi connectivity index (χ3n) is 4.36. The van der Waals surface area contributed by atoms with E-state index in [1.54, 1.807) is 6.08 Å². The van der Waals surface area contributed by atoms with Crippen molar-refractivity contribution in [3.63, 3.8) is 0 Å². The van der Waals surface area contributed by atoms with Crippen LogP contribution in [-0.4, -0.2) is 40.2 Å². The number of allylic oxidation sites excluding steroid dienone is 1. The number of hydrogen-bond donors (Lipinski definition) is 2. The Morgan fingerprint density at radius 3 is 2.50 bits per heavy atom. The molecule has 1 unspecified atom stereocenters. The van der Waals surface area contributed by atoms with Crippen LogP contribution in [0.1, 0.15) is 38.2 Å². The lowest BCUT2D eigenvalue weighted by Crippen LogP contribution is -2.49. The number of aliphatic carboxylic acids is 1. The molecule has 1 heterocycles. The average Bonchev–Trinajstić information content (AvgIpc) is 2.53. The van der Waals surface area contributed by atoms with Crippen LogP contribution in [0.3, 0.4) is 0 Å². The molecule has 0 spiro atoms. The van der Waals surface area contributed by atoms with Crippen LogP contribution in [-0.2, 0) is 10.4 Å². The van der Waals surface area contributed by atoms with Crippen molar-refractivity contribution in [2.75, 3.05) is 13.1 Å². The molecule has 120 valence electrons. The van der Waals surface area contributed by atoms with Gasteiger partial charge in [-0.15, -0.1) is 0 Å². The van der Waals surface area contributed by atoms with Crippen molar-refractivity contribution in [2.24, 2.45) is 0 Å². The number of nitrogens with zero attached hydrogens (tertiary/aromatic N) is 1. The molecule has 1 aliphatic rings. The van der Waals surface area contributed by atoms with Crippen molar-refractivity contribution < 1.29 is 15.0 Å². The van der Waals surface area contributed by atoms with Gasteiger partial charge in [0.25, 0.3) is 0 Å². The summed E-state index contributed by atoms with van der Waals surface area (Å²) in [4.78, 5) is 13.4. The molecule has 0 aromatic heterocycles. The van der Waals surface area contributed by atoms with Gasteiger partial charge in [-0.2, -0.15) is 0 Å². The molecule has 1 aliphatic heterocycles. The summed E-state index contributed by atoms with van der Waals surface area (Å²) in [5.41, 5.74) is 0.0802. The fourth-order valence-corrected chi connectivity index (χ4v) is 2.96. The Morgan fingerprint density at radius 2 is 1.95 bits per heavy atom. The van der Waals surface area contributed by atoms with Crippen LogP contribution < -0.4 is 0 Å². The highest BCUT2D eigenvalue weighted by Crippen LogP contribution is 2.33. The maximum absolute atomic E-state index is 11.5. The summed E-state index contributed by atoms with van der Waals surface area (Å²) in [6.45, 7) is 3.23. The highest BCUT2D eigenvalue weighted by Gasteiger charge is 2.36. The van der Waals surface area contributed by atoms with Gasteiger partial charge >= 0.3 is 5.97 Å². The monoisotopic (exact) mass is 303 g/mol. The second-order valence-electron chi connectivity index (χ2n) is 5.93. The molecule has 4 heteroatoms. The summed E-state index contributed by atoms with van der Waals surface area (Å²) in [6, 6.07) is 9.06. The summed E-state index contributed by atoms with van der Waals surface area (Å²) < 4.78 is 0. The van der Waals surface area contributed by atoms with Crippen molar-refractivity contribution in [2.45, 2.75) is 44.2 Å². The third-order valence-corrected chi connectivity index (χ3v) is 4.36. The zero-order valence-electron chi connectivity index (χ0n) is 13.1. The SMILES string of the molecule is CCC/C=C/C(C(=O)O)N1CCC(O)(c2ccccc2)CC1. The van der Waals surface area contributed by atoms with Crippen LogP contribution in [0.25, 0.3) is 0 Å². The molecule has 0 radical (unpaired) electrons. The second-order valence-corrected chi connectivity index (χ2v) is 5.93. The molecule has 1 saturated heterocycles. The number of carboxylic acids is 1. The zero-order valence-corrected chi connectivity index (χ0v) is 13.1. The van der Waals surface area contributed by atoms with Crippen LogP contribution in [0.15, 0.2) is 42.5 Å². The van der Waals surface area contributed by atoms with Gasteiger partial charge in [-0.05, 0) is 24.8 Å². The van der Waals surface area contributed by atoms with E-state index in [0.29, 0.717) is 25.9 Å². The largest absolute Gasteiger partial charge is 0.480 e. The molecule has 1 aromatic carbocycles. The van der Waals surface area contributed by atoms with Gasteiger partial charge in [0.05, 0.1) is 5.60 Å². The summed E-state index contributed by atoms with van der Waals surface area (Å²) in [6.07, 6.45) is 6.74. The summed E-state index contributed by atoms with van der Waals surface area (Å²) in [7, 11) is 0. The van der Waals surface area contributed by atoms with E-state index >= 15 is 0 Å². The van der Waals surface area contributed by atoms with Crippen LogP contribution >= 0.6 is 0 Å². The number of carboxylic acid groups (broad SMARTS) is 1. The Morgan fingerprint density at radius 1 is 1.32 bits per heavy atom. The highest BCUT2D eigenvalue weighted by molar-refractivity contribution is 5.75. The lowest BCUT2D eigenvalue weighted by molar-refractivity contribution is -0.143. The maximum Gasteiger partial charge on any atom is 0.324 e. The number of unbranched alkanes of at least 4 members (excludes halogenated alkanes) is 1. The van der Waals surface area contributed by atoms with E-state index in [1.807, 2.05) is 41.3 Å². The smallest absolute Gasteiger partial charge is 0.324 e. The summed E-state index contributed by atoms with van der Waals surface area (Å²) >= 11 is 0. The molecule has 2 rings (SSSR count). The van der Waals surface area contributed by atoms with Crippen LogP contribution in [0.4, 0.5) is 0 Å². The van der Waals surface area contributed by atoms with Crippen molar-refractivity contribution >= 4 is 5.97 Å². The van der Waals surface area contributed by atoms with E-state index < -0.39 is 17.6 Å². The van der Waals surface area contributed by atoms with Gasteiger partial charge < -0.3 is 10.2 Å². The first kappa shape index (κ1) is 16.7. The molecule has 1 fully saturated rings. The highest BCUT2D eigenvalue weighted by atomic mass is 16.4. The number of carbonyl (C=O) groups is 1. The second kappa shape index (κ2) is 7.56. The Kier molecular flexibility index (Phi) is 5.75. The lowest BCUT2D eigenvalue weighted by Gasteiger charge is -2.40. The first-order valence-corrected chi connectivity index (χ1v) is 7.98. The molecule has 0 bridgehead atoms. The molecule has 2 N–H and O–H groups in total. The van der Waals surface area contributed by atoms with E-state index in [-0.39, 0.29) is 0 Å². The first-order valence-electron chi connectivity index (χ1n) is 7.98. The van der Waals surface area contributed by atoms with Crippen LogP contribution in [0.5, 0.6) is 0 Å². The topological polar surface area (TPSA) is 60.8 Å². The Labute approximate surface area is 132 Å². The van der Waals surface area contributed by atoms with Crippen LogP contribution in [0, 0.1) is 0 Å². The standard InChI is InChI=1S/C18H25NO3/c1-2-3-5-10-16(17(20)21)19-13-11-18(22,12-14-19)15-8-6-4-7-9-15/h4-10,16,22H,2-3,11-14H2,1H3,(H,20,21)/b10-5+. The minimum absolute atomic E-state index is 0.558. The number of piperidine rings is 1. The Balaban J connectivity index is 2.02. The van der Waals surface area contributed by atoms with Gasteiger partial charge in [-0.25, -0.2) is 0 Å². The van der Waals surface area contributed by atoms with Gasteiger partial charge in [0, 0.05) is 13.1 Å². The first-order chi connectivity index (χ1) is 10.6. The lowest BCUT2D eigenvalue weighted by atomic mass is 9.84. The molecule has 22 heavy (non-hydrogen) atoms. The van der Waals surface area contributed by atoms with E-state index in [9.17, 15) is 15.0 Å². The Hall–Kier alpha value is -1.65. The summed E-state index contributed by atoms with van der Waals surface area (Å²) in [5, 5.41) is 20.2. The number of aliphatic hydroxyl groups is 1. The van der Waals surface area contributed by atoms with Gasteiger partial charge in [-0.3, -0.25) is 9.69 Å². The van der Waals surface area contributed by atoms with Gasteiger partial charge in [0.2, 0.25) is 0 Å². The van der Waals surface area contributed by atoms with E-state index in [0.717, 1.165) is 18.4 Å². The number of benzene rings is 1. The molecule has 0 aliphatic carbocycles. The van der Waals surface area contributed by atoms with Crippen LogP contribution in [0.2, 0.25) is 0 Å². The zero-order chi connectivity index (χ0) is 16.0. The van der Waals surface area contributed by atoms with Crippen molar-refractivity contribution in [1.82, 2.24) is 4.90 Å². The van der Waals surface area contributed by atoms with E-state index in [4.69, 9.17) is 0 Å². The number of hydrogen-bond acceptors (Lipinski definition) is 3. The number of rotatable bonds is 6. The molecule has 1 atom stereocenters. The van der Waals surface area contributed by atoms with Gasteiger partial charge in [-0.1, -0.05) is 55.8 Å². The molecule has 0 amide bonds. The van der Waals surface area contributed by atoms with Gasteiger partial charge in [0.15, 0.2) is 0 Å². The molecular weight excluding hydrogens is 278 g/mol. The molecule has 1 aromatic rings. The maximum atomic E-state index is 11.5. The van der Waals surface area contributed by atoms with Crippen molar-refractivity contribution in [3.05, 3.63) is 48.0 Å². The van der Waals surface area contributed by atoms with E-state index in [1.165, 1.54) is 0 Å². The molecular formula is C18H25NO3. The minimum atomic E-state index is -0.839.